The van der Waals surface area contributed by atoms with Crippen LogP contribution in [-0.2, 0) is 9.53 Å². The molecule has 0 saturated carbocycles. The fourth-order valence-electron chi connectivity index (χ4n) is 2.17. The smallest absolute Gasteiger partial charge is 0.244 e. The maximum absolute atomic E-state index is 12.8. The maximum atomic E-state index is 12.8. The van der Waals surface area contributed by atoms with Crippen LogP contribution in [0, 0.1) is 5.82 Å². The molecule has 2 aromatic carbocycles. The van der Waals surface area contributed by atoms with Crippen LogP contribution in [0.15, 0.2) is 60.7 Å². The minimum Gasteiger partial charge on any atom is -0.374 e. The molecule has 0 fully saturated rings. The van der Waals surface area contributed by atoms with Crippen LogP contribution >= 0.6 is 0 Å². The Balaban J connectivity index is 1.61. The highest BCUT2D eigenvalue weighted by Crippen LogP contribution is 2.15. The largest absolute Gasteiger partial charge is 0.374 e. The van der Waals surface area contributed by atoms with E-state index >= 15 is 0 Å². The van der Waals surface area contributed by atoms with Crippen LogP contribution in [0.2, 0.25) is 0 Å². The van der Waals surface area contributed by atoms with E-state index in [-0.39, 0.29) is 17.8 Å². The second-order valence-corrected chi connectivity index (χ2v) is 5.45. The van der Waals surface area contributed by atoms with E-state index in [9.17, 15) is 9.18 Å². The molecule has 0 spiro atoms. The minimum absolute atomic E-state index is 0.0419. The van der Waals surface area contributed by atoms with E-state index in [1.807, 2.05) is 37.3 Å². The highest BCUT2D eigenvalue weighted by atomic mass is 19.1. The zero-order chi connectivity index (χ0) is 17.2. The van der Waals surface area contributed by atoms with Crippen LogP contribution in [-0.4, -0.2) is 19.1 Å². The van der Waals surface area contributed by atoms with Gasteiger partial charge in [-0.2, -0.15) is 0 Å². The van der Waals surface area contributed by atoms with Gasteiger partial charge in [-0.15, -0.1) is 0 Å². The predicted molar refractivity (Wildman–Crippen MR) is 93.9 cm³/mol. The van der Waals surface area contributed by atoms with Crippen molar-refractivity contribution in [3.63, 3.8) is 0 Å². The molecular formula is C20H22FNO2. The summed E-state index contributed by atoms with van der Waals surface area (Å²) >= 11 is 0. The molecule has 0 aromatic heterocycles. The summed E-state index contributed by atoms with van der Waals surface area (Å²) in [5, 5.41) is 2.80. The third-order valence-electron chi connectivity index (χ3n) is 3.55. The molecule has 1 N–H and O–H groups in total. The Morgan fingerprint density at radius 3 is 2.58 bits per heavy atom. The molecule has 0 aliphatic rings. The molecule has 0 radical (unpaired) electrons. The van der Waals surface area contributed by atoms with Gasteiger partial charge in [-0.3, -0.25) is 4.79 Å². The molecule has 0 aliphatic carbocycles. The molecule has 4 heteroatoms. The number of nitrogens with one attached hydrogen (secondary N) is 1. The van der Waals surface area contributed by atoms with Gasteiger partial charge in [0.15, 0.2) is 0 Å². The zero-order valence-electron chi connectivity index (χ0n) is 13.7. The van der Waals surface area contributed by atoms with Crippen LogP contribution in [0.4, 0.5) is 4.39 Å². The van der Waals surface area contributed by atoms with Gasteiger partial charge in [0.05, 0.1) is 6.10 Å². The Hall–Kier alpha value is -2.46. The second-order valence-electron chi connectivity index (χ2n) is 5.45. The monoisotopic (exact) mass is 327 g/mol. The Kier molecular flexibility index (Phi) is 7.18. The number of ether oxygens (including phenoxy) is 1. The number of hydrogen-bond acceptors (Lipinski definition) is 2. The van der Waals surface area contributed by atoms with Crippen LogP contribution in [0.1, 0.15) is 30.6 Å². The molecule has 0 heterocycles. The molecule has 0 aliphatic heterocycles. The Morgan fingerprint density at radius 2 is 1.88 bits per heavy atom. The first kappa shape index (κ1) is 17.9. The average molecular weight is 327 g/mol. The summed E-state index contributed by atoms with van der Waals surface area (Å²) in [4.78, 5) is 11.7. The van der Waals surface area contributed by atoms with Gasteiger partial charge in [0.25, 0.3) is 0 Å². The molecule has 0 bridgehead atoms. The Labute approximate surface area is 142 Å². The summed E-state index contributed by atoms with van der Waals surface area (Å²) in [5.41, 5.74) is 1.93. The first-order valence-corrected chi connectivity index (χ1v) is 8.03. The average Bonchev–Trinajstić information content (AvgIpc) is 2.61. The van der Waals surface area contributed by atoms with Crippen molar-refractivity contribution in [2.45, 2.75) is 19.4 Å². The number of halogens is 1. The predicted octanol–water partition coefficient (Wildman–Crippen LogP) is 4.12. The summed E-state index contributed by atoms with van der Waals surface area (Å²) in [6.45, 7) is 3.14. The van der Waals surface area contributed by atoms with Gasteiger partial charge < -0.3 is 10.1 Å². The van der Waals surface area contributed by atoms with Gasteiger partial charge in [-0.05, 0) is 42.7 Å². The third-order valence-corrected chi connectivity index (χ3v) is 3.55. The normalized spacial score (nSPS) is 12.2. The number of carbonyl (C=O) groups is 1. The third kappa shape index (κ3) is 6.34. The SMILES string of the molecule is CC(OCCCNC(=O)/C=C/c1ccc(F)cc1)c1ccccc1. The fraction of sp³-hybridized carbons (Fsp3) is 0.250. The molecule has 1 unspecified atom stereocenters. The van der Waals surface area contributed by atoms with Gasteiger partial charge >= 0.3 is 0 Å². The fourth-order valence-corrected chi connectivity index (χ4v) is 2.17. The number of carbonyl (C=O) groups excluding carboxylic acids is 1. The van der Waals surface area contributed by atoms with E-state index < -0.39 is 0 Å². The lowest BCUT2D eigenvalue weighted by Gasteiger charge is -2.13. The first-order valence-electron chi connectivity index (χ1n) is 8.03. The van der Waals surface area contributed by atoms with Crippen LogP contribution < -0.4 is 5.32 Å². The number of rotatable bonds is 8. The van der Waals surface area contributed by atoms with E-state index in [4.69, 9.17) is 4.74 Å². The lowest BCUT2D eigenvalue weighted by atomic mass is 10.1. The summed E-state index contributed by atoms with van der Waals surface area (Å²) in [5.74, 6) is -0.461. The molecule has 0 saturated heterocycles. The van der Waals surface area contributed by atoms with Gasteiger partial charge in [-0.25, -0.2) is 4.39 Å². The molecule has 24 heavy (non-hydrogen) atoms. The summed E-state index contributed by atoms with van der Waals surface area (Å²) in [7, 11) is 0. The van der Waals surface area contributed by atoms with Gasteiger partial charge in [0.2, 0.25) is 5.91 Å². The molecule has 2 aromatic rings. The van der Waals surface area contributed by atoms with Crippen molar-refractivity contribution in [2.24, 2.45) is 0 Å². The van der Waals surface area contributed by atoms with Crippen molar-refractivity contribution < 1.29 is 13.9 Å². The van der Waals surface area contributed by atoms with E-state index in [2.05, 4.69) is 5.32 Å². The van der Waals surface area contributed by atoms with Crippen LogP contribution in [0.25, 0.3) is 6.08 Å². The molecule has 126 valence electrons. The van der Waals surface area contributed by atoms with E-state index in [1.54, 1.807) is 18.2 Å². The Morgan fingerprint density at radius 1 is 1.17 bits per heavy atom. The minimum atomic E-state index is -0.290. The number of amides is 1. The lowest BCUT2D eigenvalue weighted by Crippen LogP contribution is -2.23. The number of benzene rings is 2. The highest BCUT2D eigenvalue weighted by molar-refractivity contribution is 5.91. The molecule has 1 amide bonds. The van der Waals surface area contributed by atoms with Crippen LogP contribution in [0.3, 0.4) is 0 Å². The molecule has 1 atom stereocenters. The standard InChI is InChI=1S/C20H22FNO2/c1-16(18-6-3-2-4-7-18)24-15-5-14-22-20(23)13-10-17-8-11-19(21)12-9-17/h2-4,6-13,16H,5,14-15H2,1H3,(H,22,23)/b13-10+. The van der Waals surface area contributed by atoms with Gasteiger partial charge in [0.1, 0.15) is 5.82 Å². The van der Waals surface area contributed by atoms with Gasteiger partial charge in [0, 0.05) is 19.2 Å². The Bertz CT molecular complexity index is 653. The van der Waals surface area contributed by atoms with Crippen molar-refractivity contribution in [3.05, 3.63) is 77.6 Å². The van der Waals surface area contributed by atoms with E-state index in [0.717, 1.165) is 17.5 Å². The quantitative estimate of drug-likeness (QED) is 0.585. The molecular weight excluding hydrogens is 305 g/mol. The van der Waals surface area contributed by atoms with E-state index in [0.29, 0.717) is 13.2 Å². The van der Waals surface area contributed by atoms with E-state index in [1.165, 1.54) is 18.2 Å². The van der Waals surface area contributed by atoms with Crippen molar-refractivity contribution in [2.75, 3.05) is 13.2 Å². The summed E-state index contributed by atoms with van der Waals surface area (Å²) in [6.07, 6.45) is 3.89. The van der Waals surface area contributed by atoms with Crippen molar-refractivity contribution >= 4 is 12.0 Å². The van der Waals surface area contributed by atoms with Crippen molar-refractivity contribution in [1.29, 1.82) is 0 Å². The first-order chi connectivity index (χ1) is 11.6. The van der Waals surface area contributed by atoms with Crippen molar-refractivity contribution in [3.8, 4) is 0 Å². The zero-order valence-corrected chi connectivity index (χ0v) is 13.7. The molecule has 3 nitrogen and oxygen atoms in total. The number of hydrogen-bond donors (Lipinski definition) is 1. The van der Waals surface area contributed by atoms with Crippen molar-refractivity contribution in [1.82, 2.24) is 5.32 Å². The maximum Gasteiger partial charge on any atom is 0.244 e. The summed E-state index contributed by atoms with van der Waals surface area (Å²) < 4.78 is 18.5. The lowest BCUT2D eigenvalue weighted by molar-refractivity contribution is -0.116. The van der Waals surface area contributed by atoms with Crippen LogP contribution in [0.5, 0.6) is 0 Å². The summed E-state index contributed by atoms with van der Waals surface area (Å²) in [6, 6.07) is 16.0. The topological polar surface area (TPSA) is 38.3 Å². The molecule has 2 rings (SSSR count). The second kappa shape index (κ2) is 9.63. The van der Waals surface area contributed by atoms with Gasteiger partial charge in [-0.1, -0.05) is 42.5 Å². The highest BCUT2D eigenvalue weighted by Gasteiger charge is 2.04.